The van der Waals surface area contributed by atoms with Gasteiger partial charge in [0.15, 0.2) is 0 Å². The Morgan fingerprint density at radius 2 is 1.94 bits per heavy atom. The Bertz CT molecular complexity index is 228. The Balaban J connectivity index is 2.31. The Morgan fingerprint density at radius 1 is 1.24 bits per heavy atom. The zero-order valence-corrected chi connectivity index (χ0v) is 10.5. The highest BCUT2D eigenvalue weighted by Gasteiger charge is 2.20. The second kappa shape index (κ2) is 8.31. The molecule has 100 valence electrons. The topological polar surface area (TPSA) is 82.1 Å². The van der Waals surface area contributed by atoms with Crippen LogP contribution >= 0.6 is 0 Å². The lowest BCUT2D eigenvalue weighted by Crippen LogP contribution is -2.39. The van der Waals surface area contributed by atoms with E-state index in [1.807, 2.05) is 0 Å². The maximum atomic E-state index is 9.09. The lowest BCUT2D eigenvalue weighted by atomic mass is 9.94. The first-order chi connectivity index (χ1) is 8.27. The molecule has 0 bridgehead atoms. The van der Waals surface area contributed by atoms with Crippen LogP contribution in [0.3, 0.4) is 0 Å². The molecule has 0 amide bonds. The molecular weight excluding hydrogens is 218 g/mol. The van der Waals surface area contributed by atoms with Gasteiger partial charge in [-0.25, -0.2) is 0 Å². The van der Waals surface area contributed by atoms with Gasteiger partial charge in [-0.2, -0.15) is 0 Å². The molecule has 1 saturated carbocycles. The van der Waals surface area contributed by atoms with Gasteiger partial charge in [0.05, 0.1) is 6.61 Å². The minimum atomic E-state index is 0.208. The molecule has 5 nitrogen and oxygen atoms in total. The Kier molecular flexibility index (Phi) is 6.96. The smallest absolute Gasteiger partial charge is 0.139 e. The molecule has 0 spiro atoms. The molecule has 5 heteroatoms. The van der Waals surface area contributed by atoms with Crippen molar-refractivity contribution in [2.45, 2.75) is 51.0 Å². The molecule has 0 unspecified atom stereocenters. The fourth-order valence-corrected chi connectivity index (χ4v) is 2.56. The van der Waals surface area contributed by atoms with Gasteiger partial charge in [-0.1, -0.05) is 24.4 Å². The number of aliphatic hydroxyl groups is 1. The van der Waals surface area contributed by atoms with Gasteiger partial charge in [0.2, 0.25) is 0 Å². The average Bonchev–Trinajstić information content (AvgIpc) is 2.38. The summed E-state index contributed by atoms with van der Waals surface area (Å²) >= 11 is 0. The van der Waals surface area contributed by atoms with Gasteiger partial charge in [0.25, 0.3) is 0 Å². The van der Waals surface area contributed by atoms with Crippen LogP contribution in [0.25, 0.3) is 0 Å². The van der Waals surface area contributed by atoms with E-state index >= 15 is 0 Å². The molecule has 4 N–H and O–H groups in total. The maximum absolute atomic E-state index is 9.09. The highest BCUT2D eigenvalue weighted by Crippen LogP contribution is 2.22. The Morgan fingerprint density at radius 3 is 2.53 bits per heavy atom. The number of aliphatic hydroxyl groups excluding tert-OH is 1. The van der Waals surface area contributed by atoms with Gasteiger partial charge in [-0.05, 0) is 25.8 Å². The van der Waals surface area contributed by atoms with Gasteiger partial charge in [0.1, 0.15) is 5.84 Å². The van der Waals surface area contributed by atoms with Crippen LogP contribution in [0, 0.1) is 0 Å². The minimum absolute atomic E-state index is 0.208. The normalized spacial score (nSPS) is 18.8. The number of nitrogens with zero attached hydrogens (tertiary/aromatic N) is 2. The number of hydrogen-bond acceptors (Lipinski definition) is 4. The van der Waals surface area contributed by atoms with E-state index in [0.29, 0.717) is 12.5 Å². The molecule has 17 heavy (non-hydrogen) atoms. The first kappa shape index (κ1) is 14.3. The zero-order valence-electron chi connectivity index (χ0n) is 10.5. The SMILES string of the molecule is NC(CCCN(CCO)C1CCCCC1)=NO. The van der Waals surface area contributed by atoms with Crippen LogP contribution in [0.2, 0.25) is 0 Å². The molecule has 1 aliphatic carbocycles. The predicted molar refractivity (Wildman–Crippen MR) is 68.2 cm³/mol. The summed E-state index contributed by atoms with van der Waals surface area (Å²) in [6, 6.07) is 0.614. The molecule has 0 aromatic heterocycles. The van der Waals surface area contributed by atoms with Crippen LogP contribution in [0.4, 0.5) is 0 Å². The van der Waals surface area contributed by atoms with Crippen molar-refractivity contribution in [1.82, 2.24) is 4.90 Å². The van der Waals surface area contributed by atoms with Gasteiger partial charge >= 0.3 is 0 Å². The summed E-state index contributed by atoms with van der Waals surface area (Å²) in [5.74, 6) is 0.289. The van der Waals surface area contributed by atoms with E-state index in [9.17, 15) is 0 Å². The number of hydrogen-bond donors (Lipinski definition) is 3. The van der Waals surface area contributed by atoms with E-state index in [4.69, 9.17) is 16.0 Å². The second-order valence-electron chi connectivity index (χ2n) is 4.75. The molecule has 0 saturated heterocycles. The number of oxime groups is 1. The zero-order chi connectivity index (χ0) is 12.5. The second-order valence-corrected chi connectivity index (χ2v) is 4.75. The molecule has 0 aromatic rings. The van der Waals surface area contributed by atoms with E-state index in [0.717, 1.165) is 19.5 Å². The lowest BCUT2D eigenvalue weighted by Gasteiger charge is -2.33. The quantitative estimate of drug-likeness (QED) is 0.271. The summed E-state index contributed by atoms with van der Waals surface area (Å²) in [6.45, 7) is 1.86. The van der Waals surface area contributed by atoms with E-state index < -0.39 is 0 Å². The molecule has 0 atom stereocenters. The van der Waals surface area contributed by atoms with E-state index in [-0.39, 0.29) is 12.4 Å². The van der Waals surface area contributed by atoms with Crippen LogP contribution in [0.15, 0.2) is 5.16 Å². The summed E-state index contributed by atoms with van der Waals surface area (Å²) in [6.07, 6.45) is 7.91. The summed E-state index contributed by atoms with van der Waals surface area (Å²) in [7, 11) is 0. The molecule has 0 aromatic carbocycles. The largest absolute Gasteiger partial charge is 0.409 e. The van der Waals surface area contributed by atoms with Crippen molar-refractivity contribution in [3.05, 3.63) is 0 Å². The molecule has 1 rings (SSSR count). The Hall–Kier alpha value is -0.810. The Labute approximate surface area is 103 Å². The van der Waals surface area contributed by atoms with Crippen LogP contribution < -0.4 is 5.73 Å². The van der Waals surface area contributed by atoms with E-state index in [1.54, 1.807) is 0 Å². The van der Waals surface area contributed by atoms with Crippen molar-refractivity contribution in [2.75, 3.05) is 19.7 Å². The molecule has 0 radical (unpaired) electrons. The van der Waals surface area contributed by atoms with Crippen molar-refractivity contribution in [3.8, 4) is 0 Å². The third kappa shape index (κ3) is 5.37. The summed E-state index contributed by atoms with van der Waals surface area (Å²) in [4.78, 5) is 2.35. The fourth-order valence-electron chi connectivity index (χ4n) is 2.56. The third-order valence-electron chi connectivity index (χ3n) is 3.48. The molecule has 0 aliphatic heterocycles. The number of rotatable bonds is 7. The molecule has 1 aliphatic rings. The van der Waals surface area contributed by atoms with E-state index in [1.165, 1.54) is 32.1 Å². The molecule has 1 fully saturated rings. The van der Waals surface area contributed by atoms with Crippen LogP contribution in [0.1, 0.15) is 44.9 Å². The third-order valence-corrected chi connectivity index (χ3v) is 3.48. The number of nitrogens with two attached hydrogens (primary N) is 1. The van der Waals surface area contributed by atoms with Crippen molar-refractivity contribution >= 4 is 5.84 Å². The van der Waals surface area contributed by atoms with Crippen molar-refractivity contribution in [1.29, 1.82) is 0 Å². The highest BCUT2D eigenvalue weighted by atomic mass is 16.4. The monoisotopic (exact) mass is 243 g/mol. The van der Waals surface area contributed by atoms with E-state index in [2.05, 4.69) is 10.1 Å². The lowest BCUT2D eigenvalue weighted by molar-refractivity contribution is 0.123. The van der Waals surface area contributed by atoms with Crippen molar-refractivity contribution in [2.24, 2.45) is 10.9 Å². The number of amidine groups is 1. The first-order valence-corrected chi connectivity index (χ1v) is 6.59. The van der Waals surface area contributed by atoms with Gasteiger partial charge in [-0.15, -0.1) is 0 Å². The van der Waals surface area contributed by atoms with Crippen LogP contribution in [-0.4, -0.2) is 46.8 Å². The van der Waals surface area contributed by atoms with Crippen molar-refractivity contribution in [3.63, 3.8) is 0 Å². The van der Waals surface area contributed by atoms with Gasteiger partial charge < -0.3 is 16.0 Å². The minimum Gasteiger partial charge on any atom is -0.409 e. The highest BCUT2D eigenvalue weighted by molar-refractivity contribution is 5.79. The first-order valence-electron chi connectivity index (χ1n) is 6.59. The van der Waals surface area contributed by atoms with Crippen molar-refractivity contribution < 1.29 is 10.3 Å². The summed E-state index contributed by atoms with van der Waals surface area (Å²) in [5.41, 5.74) is 5.44. The summed E-state index contributed by atoms with van der Waals surface area (Å²) in [5, 5.41) is 20.5. The predicted octanol–water partition coefficient (Wildman–Crippen LogP) is 1.14. The summed E-state index contributed by atoms with van der Waals surface area (Å²) < 4.78 is 0. The fraction of sp³-hybridized carbons (Fsp3) is 0.917. The van der Waals surface area contributed by atoms with Gasteiger partial charge in [-0.3, -0.25) is 4.90 Å². The van der Waals surface area contributed by atoms with Gasteiger partial charge in [0, 0.05) is 19.0 Å². The standard InChI is InChI=1S/C12H25N3O2/c13-12(14-17)7-4-8-15(9-10-16)11-5-2-1-3-6-11/h11,16-17H,1-10H2,(H2,13,14). The van der Waals surface area contributed by atoms with Crippen LogP contribution in [0.5, 0.6) is 0 Å². The van der Waals surface area contributed by atoms with Crippen LogP contribution in [-0.2, 0) is 0 Å². The maximum Gasteiger partial charge on any atom is 0.139 e. The molecular formula is C12H25N3O2. The average molecular weight is 243 g/mol. The molecule has 0 heterocycles.